The molecule has 2 aromatic rings. The van der Waals surface area contributed by atoms with Gasteiger partial charge in [0.05, 0.1) is 4.90 Å². The standard InChI is InChI=1S/C22H29N3O4S/c1-16-12-24(14-18-6-10-21(11-7-18)30(3,28)29)13-17(2)25(16)15-19-4-8-20(9-5-19)22(26)23-27/h4-11,16-17,27H,12-15H2,1-3H3,(H,23,26)/t16-,17+. The molecule has 0 radical (unpaired) electrons. The van der Waals surface area contributed by atoms with Crippen LogP contribution in [0.4, 0.5) is 0 Å². The van der Waals surface area contributed by atoms with Gasteiger partial charge in [0.15, 0.2) is 9.84 Å². The van der Waals surface area contributed by atoms with Crippen molar-refractivity contribution >= 4 is 15.7 Å². The predicted octanol–water partition coefficient (Wildman–Crippen LogP) is 2.30. The van der Waals surface area contributed by atoms with Crippen LogP contribution in [0, 0.1) is 0 Å². The summed E-state index contributed by atoms with van der Waals surface area (Å²) in [7, 11) is -3.17. The SMILES string of the molecule is C[C@@H]1CN(Cc2ccc(S(C)(=O)=O)cc2)C[C@H](C)N1Cc1ccc(C(=O)NO)cc1. The second kappa shape index (κ2) is 9.26. The van der Waals surface area contributed by atoms with E-state index in [0.29, 0.717) is 22.5 Å². The molecule has 7 nitrogen and oxygen atoms in total. The number of amides is 1. The molecular weight excluding hydrogens is 402 g/mol. The average Bonchev–Trinajstić information content (AvgIpc) is 2.70. The van der Waals surface area contributed by atoms with Crippen molar-refractivity contribution in [3.8, 4) is 0 Å². The van der Waals surface area contributed by atoms with E-state index in [0.717, 1.165) is 37.3 Å². The van der Waals surface area contributed by atoms with E-state index in [-0.39, 0.29) is 0 Å². The molecule has 0 bridgehead atoms. The van der Waals surface area contributed by atoms with Gasteiger partial charge >= 0.3 is 0 Å². The second-order valence-corrected chi connectivity index (χ2v) is 10.1. The van der Waals surface area contributed by atoms with Gasteiger partial charge in [0.1, 0.15) is 0 Å². The number of piperazine rings is 1. The maximum atomic E-state index is 11.6. The van der Waals surface area contributed by atoms with Gasteiger partial charge in [-0.1, -0.05) is 24.3 Å². The van der Waals surface area contributed by atoms with Gasteiger partial charge < -0.3 is 0 Å². The Kier molecular flexibility index (Phi) is 6.92. The third-order valence-corrected chi connectivity index (χ3v) is 6.75. The number of hydroxylamine groups is 1. The topological polar surface area (TPSA) is 90.0 Å². The lowest BCUT2D eigenvalue weighted by Gasteiger charge is -2.44. The average molecular weight is 432 g/mol. The summed E-state index contributed by atoms with van der Waals surface area (Å²) in [5.74, 6) is -0.513. The summed E-state index contributed by atoms with van der Waals surface area (Å²) < 4.78 is 23.3. The van der Waals surface area contributed by atoms with Crippen LogP contribution in [-0.2, 0) is 22.9 Å². The minimum atomic E-state index is -3.17. The van der Waals surface area contributed by atoms with E-state index in [1.807, 2.05) is 24.3 Å². The van der Waals surface area contributed by atoms with Crippen LogP contribution in [0.15, 0.2) is 53.4 Å². The summed E-state index contributed by atoms with van der Waals surface area (Å²) in [5, 5.41) is 8.73. The summed E-state index contributed by atoms with van der Waals surface area (Å²) in [6.45, 7) is 7.84. The lowest BCUT2D eigenvalue weighted by atomic mass is 10.0. The number of rotatable bonds is 6. The number of nitrogens with one attached hydrogen (secondary N) is 1. The number of sulfone groups is 1. The molecule has 1 aliphatic heterocycles. The van der Waals surface area contributed by atoms with Gasteiger partial charge in [-0.15, -0.1) is 0 Å². The lowest BCUT2D eigenvalue weighted by Crippen LogP contribution is -2.55. The van der Waals surface area contributed by atoms with Crippen LogP contribution in [0.25, 0.3) is 0 Å². The summed E-state index contributed by atoms with van der Waals surface area (Å²) in [6.07, 6.45) is 1.22. The summed E-state index contributed by atoms with van der Waals surface area (Å²) in [6, 6.07) is 15.1. The number of hydrogen-bond donors (Lipinski definition) is 2. The van der Waals surface area contributed by atoms with Gasteiger partial charge in [-0.2, -0.15) is 0 Å². The molecule has 8 heteroatoms. The fourth-order valence-corrected chi connectivity index (χ4v) is 4.67. The third-order valence-electron chi connectivity index (χ3n) is 5.62. The maximum absolute atomic E-state index is 11.6. The van der Waals surface area contributed by atoms with Crippen LogP contribution in [0.2, 0.25) is 0 Å². The van der Waals surface area contributed by atoms with Crippen LogP contribution in [0.5, 0.6) is 0 Å². The van der Waals surface area contributed by atoms with E-state index >= 15 is 0 Å². The van der Waals surface area contributed by atoms with Crippen molar-refractivity contribution < 1.29 is 18.4 Å². The first-order chi connectivity index (χ1) is 14.2. The van der Waals surface area contributed by atoms with Gasteiger partial charge in [0.2, 0.25) is 0 Å². The van der Waals surface area contributed by atoms with Gasteiger partial charge in [-0.05, 0) is 49.2 Å². The quantitative estimate of drug-likeness (QED) is 0.539. The third kappa shape index (κ3) is 5.46. The Hall–Kier alpha value is -2.26. The first kappa shape index (κ1) is 22.4. The zero-order valence-electron chi connectivity index (χ0n) is 17.6. The molecule has 0 saturated carbocycles. The van der Waals surface area contributed by atoms with E-state index in [4.69, 9.17) is 5.21 Å². The molecule has 1 fully saturated rings. The number of carbonyl (C=O) groups is 1. The zero-order valence-corrected chi connectivity index (χ0v) is 18.4. The number of benzene rings is 2. The Balaban J connectivity index is 1.60. The molecule has 0 spiro atoms. The van der Waals surface area contributed by atoms with Crippen molar-refractivity contribution in [1.29, 1.82) is 0 Å². The highest BCUT2D eigenvalue weighted by atomic mass is 32.2. The fourth-order valence-electron chi connectivity index (χ4n) is 4.04. The monoisotopic (exact) mass is 431 g/mol. The van der Waals surface area contributed by atoms with Crippen LogP contribution in [-0.4, -0.2) is 60.8 Å². The van der Waals surface area contributed by atoms with Gasteiger partial charge in [-0.25, -0.2) is 13.9 Å². The first-order valence-corrected chi connectivity index (χ1v) is 11.9. The van der Waals surface area contributed by atoms with Gasteiger partial charge in [-0.3, -0.25) is 19.8 Å². The van der Waals surface area contributed by atoms with E-state index in [1.165, 1.54) is 6.26 Å². The normalized spacial score (nSPS) is 20.8. The van der Waals surface area contributed by atoms with Gasteiger partial charge in [0.25, 0.3) is 5.91 Å². The van der Waals surface area contributed by atoms with Crippen molar-refractivity contribution in [2.75, 3.05) is 19.3 Å². The molecule has 2 atom stereocenters. The van der Waals surface area contributed by atoms with Gasteiger partial charge in [0, 0.05) is 50.1 Å². The molecule has 0 aliphatic carbocycles. The molecule has 1 aliphatic rings. The highest BCUT2D eigenvalue weighted by Gasteiger charge is 2.29. The number of hydrogen-bond acceptors (Lipinski definition) is 6. The predicted molar refractivity (Wildman–Crippen MR) is 115 cm³/mol. The van der Waals surface area contributed by atoms with E-state index in [1.54, 1.807) is 29.7 Å². The fraction of sp³-hybridized carbons (Fsp3) is 0.409. The molecule has 1 heterocycles. The minimum Gasteiger partial charge on any atom is -0.296 e. The number of nitrogens with zero attached hydrogens (tertiary/aromatic N) is 2. The lowest BCUT2D eigenvalue weighted by molar-refractivity contribution is 0.0290. The first-order valence-electron chi connectivity index (χ1n) is 9.98. The highest BCUT2D eigenvalue weighted by Crippen LogP contribution is 2.21. The van der Waals surface area contributed by atoms with Crippen LogP contribution in [0.1, 0.15) is 35.3 Å². The molecule has 0 aromatic heterocycles. The molecule has 2 aromatic carbocycles. The molecular formula is C22H29N3O4S. The van der Waals surface area contributed by atoms with Crippen LogP contribution in [0.3, 0.4) is 0 Å². The molecule has 30 heavy (non-hydrogen) atoms. The van der Waals surface area contributed by atoms with E-state index in [9.17, 15) is 13.2 Å². The second-order valence-electron chi connectivity index (χ2n) is 8.12. The number of carbonyl (C=O) groups excluding carboxylic acids is 1. The Morgan fingerprint density at radius 3 is 1.97 bits per heavy atom. The Labute approximate surface area is 178 Å². The zero-order chi connectivity index (χ0) is 21.9. The Bertz CT molecular complexity index is 962. The summed E-state index contributed by atoms with van der Waals surface area (Å²) in [4.78, 5) is 16.7. The molecule has 1 amide bonds. The molecule has 0 unspecified atom stereocenters. The van der Waals surface area contributed by atoms with Crippen molar-refractivity contribution in [3.63, 3.8) is 0 Å². The van der Waals surface area contributed by atoms with Crippen molar-refractivity contribution in [1.82, 2.24) is 15.3 Å². The summed E-state index contributed by atoms with van der Waals surface area (Å²) >= 11 is 0. The molecule has 162 valence electrons. The van der Waals surface area contributed by atoms with E-state index in [2.05, 4.69) is 23.6 Å². The molecule has 2 N–H and O–H groups in total. The Morgan fingerprint density at radius 2 is 1.47 bits per heavy atom. The highest BCUT2D eigenvalue weighted by molar-refractivity contribution is 7.90. The minimum absolute atomic E-state index is 0.347. The van der Waals surface area contributed by atoms with E-state index < -0.39 is 15.7 Å². The summed E-state index contributed by atoms with van der Waals surface area (Å²) in [5.41, 5.74) is 4.29. The maximum Gasteiger partial charge on any atom is 0.274 e. The largest absolute Gasteiger partial charge is 0.296 e. The van der Waals surface area contributed by atoms with Crippen molar-refractivity contribution in [2.45, 2.75) is 43.9 Å². The van der Waals surface area contributed by atoms with Crippen molar-refractivity contribution in [2.24, 2.45) is 0 Å². The molecule has 3 rings (SSSR count). The Morgan fingerprint density at radius 1 is 0.967 bits per heavy atom. The van der Waals surface area contributed by atoms with Crippen molar-refractivity contribution in [3.05, 3.63) is 65.2 Å². The molecule has 1 saturated heterocycles. The van der Waals surface area contributed by atoms with Crippen LogP contribution >= 0.6 is 0 Å². The smallest absolute Gasteiger partial charge is 0.274 e. The van der Waals surface area contributed by atoms with Crippen LogP contribution < -0.4 is 5.48 Å².